The first-order valence-corrected chi connectivity index (χ1v) is 5.20. The van der Waals surface area contributed by atoms with E-state index in [1.54, 1.807) is 0 Å². The van der Waals surface area contributed by atoms with E-state index >= 15 is 0 Å². The molecule has 0 atom stereocenters. The van der Waals surface area contributed by atoms with Gasteiger partial charge < -0.3 is 0 Å². The van der Waals surface area contributed by atoms with Crippen LogP contribution in [0.1, 0.15) is 0 Å². The minimum atomic E-state index is -0.139. The van der Waals surface area contributed by atoms with Crippen molar-refractivity contribution in [2.45, 2.75) is 17.4 Å². The third kappa shape index (κ3) is 42.0. The SMILES string of the molecule is [Al].[CH3][Al]([CH3])[CH3]. The van der Waals surface area contributed by atoms with Crippen molar-refractivity contribution >= 4 is 31.5 Å². The van der Waals surface area contributed by atoms with Crippen LogP contribution in [0.4, 0.5) is 0 Å². The van der Waals surface area contributed by atoms with Crippen molar-refractivity contribution in [3.05, 3.63) is 0 Å². The lowest BCUT2D eigenvalue weighted by Crippen LogP contribution is -1.84. The second kappa shape index (κ2) is 5.06. The molecule has 3 radical (unpaired) electrons. The number of hydrogen-bond acceptors (Lipinski definition) is 0. The Morgan fingerprint density at radius 2 is 1.00 bits per heavy atom. The lowest BCUT2D eigenvalue weighted by Gasteiger charge is -1.67. The van der Waals surface area contributed by atoms with Gasteiger partial charge in [-0.05, 0) is 0 Å². The molecule has 0 aromatic rings. The molecule has 0 spiro atoms. The van der Waals surface area contributed by atoms with E-state index in [1.165, 1.54) is 0 Å². The molecule has 0 N–H and O–H groups in total. The van der Waals surface area contributed by atoms with E-state index < -0.39 is 0 Å². The highest BCUT2D eigenvalue weighted by Crippen LogP contribution is 1.68. The molecule has 5 heavy (non-hydrogen) atoms. The standard InChI is InChI=1S/3CH3.2Al/h3*1H3;;. The fourth-order valence-corrected chi connectivity index (χ4v) is 0. The Kier molecular flexibility index (Phi) is 9.54. The molecule has 0 aliphatic rings. The summed E-state index contributed by atoms with van der Waals surface area (Å²) in [5.74, 6) is 6.92. The first-order chi connectivity index (χ1) is 1.73. The van der Waals surface area contributed by atoms with E-state index in [2.05, 4.69) is 17.4 Å². The van der Waals surface area contributed by atoms with E-state index in [9.17, 15) is 0 Å². The van der Waals surface area contributed by atoms with Crippen LogP contribution in [-0.4, -0.2) is 31.5 Å². The molecule has 0 saturated heterocycles. The normalized spacial score (nSPS) is 5.40. The van der Waals surface area contributed by atoms with Gasteiger partial charge in [-0.15, -0.1) is 17.4 Å². The van der Waals surface area contributed by atoms with Crippen molar-refractivity contribution in [3.63, 3.8) is 0 Å². The molecule has 0 aliphatic carbocycles. The number of rotatable bonds is 0. The molecular weight excluding hydrogens is 90.0 g/mol. The van der Waals surface area contributed by atoms with Crippen molar-refractivity contribution < 1.29 is 0 Å². The van der Waals surface area contributed by atoms with Crippen LogP contribution in [0, 0.1) is 0 Å². The Morgan fingerprint density at radius 1 is 1.00 bits per heavy atom. The molecular formula is C3H9Al2. The Labute approximate surface area is 49.1 Å². The van der Waals surface area contributed by atoms with Crippen molar-refractivity contribution in [3.8, 4) is 0 Å². The Hall–Kier alpha value is 1.06. The molecule has 0 aromatic heterocycles. The average Bonchev–Trinajstić information content (AvgIpc) is 0.811. The van der Waals surface area contributed by atoms with E-state index in [4.69, 9.17) is 0 Å². The first-order valence-electron chi connectivity index (χ1n) is 1.73. The summed E-state index contributed by atoms with van der Waals surface area (Å²) < 4.78 is 0. The van der Waals surface area contributed by atoms with Crippen LogP contribution < -0.4 is 0 Å². The van der Waals surface area contributed by atoms with Gasteiger partial charge in [0.05, 0.1) is 0 Å². The minimum Gasteiger partial charge on any atom is -0.106 e. The van der Waals surface area contributed by atoms with E-state index in [0.717, 1.165) is 0 Å². The zero-order chi connectivity index (χ0) is 3.58. The van der Waals surface area contributed by atoms with Crippen LogP contribution in [0.25, 0.3) is 0 Å². The zero-order valence-corrected chi connectivity index (χ0v) is 6.46. The lowest BCUT2D eigenvalue weighted by molar-refractivity contribution is 1.91. The van der Waals surface area contributed by atoms with Crippen molar-refractivity contribution in [2.75, 3.05) is 0 Å². The molecule has 2 heteroatoms. The van der Waals surface area contributed by atoms with Crippen LogP contribution in [0.2, 0.25) is 17.4 Å². The van der Waals surface area contributed by atoms with Crippen LogP contribution in [-0.2, 0) is 0 Å². The van der Waals surface area contributed by atoms with Crippen LogP contribution >= 0.6 is 0 Å². The summed E-state index contributed by atoms with van der Waals surface area (Å²) in [6, 6.07) is 0. The van der Waals surface area contributed by atoms with E-state index in [1.807, 2.05) is 0 Å². The molecule has 0 nitrogen and oxygen atoms in total. The van der Waals surface area contributed by atoms with Gasteiger partial charge in [0.2, 0.25) is 0 Å². The smallest absolute Gasteiger partial charge is 0.106 e. The molecule has 0 unspecified atom stereocenters. The van der Waals surface area contributed by atoms with Gasteiger partial charge >= 0.3 is 0 Å². The fraction of sp³-hybridized carbons (Fsp3) is 1.00. The first kappa shape index (κ1) is 9.42. The Bertz CT molecular complexity index is 9.61. The Morgan fingerprint density at radius 3 is 1.00 bits per heavy atom. The quantitative estimate of drug-likeness (QED) is 0.397. The van der Waals surface area contributed by atoms with Crippen LogP contribution in [0.5, 0.6) is 0 Å². The Balaban J connectivity index is 0. The predicted octanol–water partition coefficient (Wildman–Crippen LogP) is 0.990. The molecule has 0 rings (SSSR count). The van der Waals surface area contributed by atoms with Gasteiger partial charge in [0.15, 0.2) is 0 Å². The molecule has 0 heterocycles. The lowest BCUT2D eigenvalue weighted by atomic mass is 11.8. The predicted molar refractivity (Wildman–Crippen MR) is 29.1 cm³/mol. The van der Waals surface area contributed by atoms with Crippen LogP contribution in [0.3, 0.4) is 0 Å². The summed E-state index contributed by atoms with van der Waals surface area (Å²) in [7, 11) is 0. The molecule has 0 saturated carbocycles. The van der Waals surface area contributed by atoms with Crippen LogP contribution in [0.15, 0.2) is 0 Å². The van der Waals surface area contributed by atoms with Crippen molar-refractivity contribution in [1.82, 2.24) is 0 Å². The summed E-state index contributed by atoms with van der Waals surface area (Å²) in [5.41, 5.74) is 0. The van der Waals surface area contributed by atoms with E-state index in [0.29, 0.717) is 0 Å². The van der Waals surface area contributed by atoms with Gasteiger partial charge in [0.25, 0.3) is 14.1 Å². The highest BCUT2D eigenvalue weighted by molar-refractivity contribution is 6.54. The summed E-state index contributed by atoms with van der Waals surface area (Å²) in [6.07, 6.45) is 0. The summed E-state index contributed by atoms with van der Waals surface area (Å²) >= 11 is -0.139. The van der Waals surface area contributed by atoms with Gasteiger partial charge in [0.1, 0.15) is 0 Å². The van der Waals surface area contributed by atoms with Gasteiger partial charge in [-0.3, -0.25) is 0 Å². The molecule has 0 aromatic carbocycles. The molecule has 0 amide bonds. The minimum absolute atomic E-state index is 0. The summed E-state index contributed by atoms with van der Waals surface area (Å²) in [4.78, 5) is 0. The summed E-state index contributed by atoms with van der Waals surface area (Å²) in [5, 5.41) is 0. The maximum Gasteiger partial charge on any atom is 0.251 e. The highest BCUT2D eigenvalue weighted by atomic mass is 27.2. The average molecular weight is 99.1 g/mol. The molecule has 27 valence electrons. The molecule has 0 aliphatic heterocycles. The van der Waals surface area contributed by atoms with Crippen molar-refractivity contribution in [2.24, 2.45) is 0 Å². The second-order valence-corrected chi connectivity index (χ2v) is 5.20. The van der Waals surface area contributed by atoms with Gasteiger partial charge in [-0.1, -0.05) is 0 Å². The highest BCUT2D eigenvalue weighted by Gasteiger charge is 1.81. The second-order valence-electron chi connectivity index (χ2n) is 1.73. The summed E-state index contributed by atoms with van der Waals surface area (Å²) in [6.45, 7) is 0. The van der Waals surface area contributed by atoms with Crippen molar-refractivity contribution in [1.29, 1.82) is 0 Å². The van der Waals surface area contributed by atoms with Gasteiger partial charge in [-0.25, -0.2) is 0 Å². The largest absolute Gasteiger partial charge is 0.251 e. The molecule has 0 fully saturated rings. The fourth-order valence-electron chi connectivity index (χ4n) is 0. The number of hydrogen-bond donors (Lipinski definition) is 0. The maximum atomic E-state index is 2.31. The van der Waals surface area contributed by atoms with E-state index in [-0.39, 0.29) is 31.5 Å². The third-order valence-corrected chi connectivity index (χ3v) is 0. The topological polar surface area (TPSA) is 0 Å². The van der Waals surface area contributed by atoms with Gasteiger partial charge in [-0.2, -0.15) is 0 Å². The monoisotopic (exact) mass is 99.0 g/mol. The zero-order valence-electron chi connectivity index (χ0n) is 4.15. The maximum absolute atomic E-state index is 2.31. The van der Waals surface area contributed by atoms with Gasteiger partial charge in [0, 0.05) is 17.4 Å². The molecule has 0 bridgehead atoms. The third-order valence-electron chi connectivity index (χ3n) is 0.